The number of rotatable bonds is 5. The fourth-order valence-electron chi connectivity index (χ4n) is 2.56. The van der Waals surface area contributed by atoms with Gasteiger partial charge in [-0.1, -0.05) is 12.1 Å². The van der Waals surface area contributed by atoms with Crippen molar-refractivity contribution in [2.24, 2.45) is 5.73 Å². The molecule has 0 amide bonds. The van der Waals surface area contributed by atoms with E-state index in [4.69, 9.17) is 10.5 Å². The maximum absolute atomic E-state index is 5.99. The first-order chi connectivity index (χ1) is 10.0. The summed E-state index contributed by atoms with van der Waals surface area (Å²) in [5, 5.41) is 0. The Kier molecular flexibility index (Phi) is 4.81. The Bertz CT molecular complexity index is 575. The van der Waals surface area contributed by atoms with Crippen molar-refractivity contribution in [3.8, 4) is 5.88 Å². The molecule has 0 saturated heterocycles. The molecule has 2 aromatic rings. The molecule has 0 saturated carbocycles. The molecule has 4 heteroatoms. The standard InChI is InChI=1S/C17H23N3O/c1-12-7-13(2)9-15(8-12)20(3)16(10-18)14-5-6-17(21-4)19-11-14/h5-9,11,16H,10,18H2,1-4H3. The maximum Gasteiger partial charge on any atom is 0.212 e. The third-order valence-electron chi connectivity index (χ3n) is 3.66. The summed E-state index contributed by atoms with van der Waals surface area (Å²) in [6.45, 7) is 4.74. The highest BCUT2D eigenvalue weighted by Gasteiger charge is 2.17. The van der Waals surface area contributed by atoms with E-state index in [9.17, 15) is 0 Å². The first-order valence-corrected chi connectivity index (χ1v) is 7.06. The zero-order valence-electron chi connectivity index (χ0n) is 13.1. The predicted molar refractivity (Wildman–Crippen MR) is 86.9 cm³/mol. The minimum atomic E-state index is 0.0876. The average Bonchev–Trinajstić information content (AvgIpc) is 2.47. The van der Waals surface area contributed by atoms with E-state index < -0.39 is 0 Å². The molecule has 2 rings (SSSR count). The van der Waals surface area contributed by atoms with Crippen LogP contribution in [-0.2, 0) is 0 Å². The summed E-state index contributed by atoms with van der Waals surface area (Å²) in [7, 11) is 3.68. The highest BCUT2D eigenvalue weighted by molar-refractivity contribution is 5.52. The van der Waals surface area contributed by atoms with Crippen molar-refractivity contribution >= 4 is 5.69 Å². The van der Waals surface area contributed by atoms with Gasteiger partial charge in [0.25, 0.3) is 0 Å². The molecule has 4 nitrogen and oxygen atoms in total. The van der Waals surface area contributed by atoms with Crippen LogP contribution in [0.25, 0.3) is 0 Å². The molecule has 0 aliphatic carbocycles. The van der Waals surface area contributed by atoms with Crippen LogP contribution < -0.4 is 15.4 Å². The van der Waals surface area contributed by atoms with Gasteiger partial charge in [-0.15, -0.1) is 0 Å². The van der Waals surface area contributed by atoms with Crippen molar-refractivity contribution in [1.29, 1.82) is 0 Å². The molecule has 1 aromatic heterocycles. The van der Waals surface area contributed by atoms with Gasteiger partial charge in [0.15, 0.2) is 0 Å². The number of hydrogen-bond acceptors (Lipinski definition) is 4. The molecule has 0 radical (unpaired) electrons. The maximum atomic E-state index is 5.99. The number of benzene rings is 1. The summed E-state index contributed by atoms with van der Waals surface area (Å²) in [5.41, 5.74) is 10.7. The number of methoxy groups -OCH3 is 1. The Labute approximate surface area is 126 Å². The van der Waals surface area contributed by atoms with Crippen molar-refractivity contribution in [1.82, 2.24) is 4.98 Å². The second-order valence-electron chi connectivity index (χ2n) is 5.34. The number of nitrogens with two attached hydrogens (primary N) is 1. The lowest BCUT2D eigenvalue weighted by atomic mass is 10.1. The van der Waals surface area contributed by atoms with Gasteiger partial charge in [-0.2, -0.15) is 0 Å². The highest BCUT2D eigenvalue weighted by atomic mass is 16.5. The number of ether oxygens (including phenoxy) is 1. The Hall–Kier alpha value is -2.07. The normalized spacial score (nSPS) is 12.0. The van der Waals surface area contributed by atoms with Crippen molar-refractivity contribution in [2.75, 3.05) is 25.6 Å². The fraction of sp³-hybridized carbons (Fsp3) is 0.353. The van der Waals surface area contributed by atoms with Crippen LogP contribution in [0.5, 0.6) is 5.88 Å². The number of aromatic nitrogens is 1. The Morgan fingerprint density at radius 1 is 1.19 bits per heavy atom. The lowest BCUT2D eigenvalue weighted by molar-refractivity contribution is 0.397. The monoisotopic (exact) mass is 285 g/mol. The largest absolute Gasteiger partial charge is 0.481 e. The second-order valence-corrected chi connectivity index (χ2v) is 5.34. The van der Waals surface area contributed by atoms with E-state index >= 15 is 0 Å². The number of anilines is 1. The molecule has 1 atom stereocenters. The molecular formula is C17H23N3O. The summed E-state index contributed by atoms with van der Waals surface area (Å²) in [4.78, 5) is 6.47. The lowest BCUT2D eigenvalue weighted by Gasteiger charge is -2.30. The third-order valence-corrected chi connectivity index (χ3v) is 3.66. The Morgan fingerprint density at radius 2 is 1.86 bits per heavy atom. The smallest absolute Gasteiger partial charge is 0.212 e. The Balaban J connectivity index is 2.30. The van der Waals surface area contributed by atoms with Gasteiger partial charge in [0.05, 0.1) is 13.2 Å². The van der Waals surface area contributed by atoms with Gasteiger partial charge in [0.1, 0.15) is 0 Å². The van der Waals surface area contributed by atoms with E-state index in [1.165, 1.54) is 16.8 Å². The molecule has 1 aromatic carbocycles. The molecule has 0 bridgehead atoms. The number of pyridine rings is 1. The van der Waals surface area contributed by atoms with Crippen molar-refractivity contribution < 1.29 is 4.74 Å². The minimum Gasteiger partial charge on any atom is -0.481 e. The zero-order valence-corrected chi connectivity index (χ0v) is 13.1. The van der Waals surface area contributed by atoms with Crippen LogP contribution in [0.1, 0.15) is 22.7 Å². The second kappa shape index (κ2) is 6.59. The molecule has 0 fully saturated rings. The van der Waals surface area contributed by atoms with Crippen LogP contribution in [0.3, 0.4) is 0 Å². The molecule has 0 aliphatic rings. The summed E-state index contributed by atoms with van der Waals surface area (Å²) in [6.07, 6.45) is 1.83. The number of hydrogen-bond donors (Lipinski definition) is 1. The highest BCUT2D eigenvalue weighted by Crippen LogP contribution is 2.27. The van der Waals surface area contributed by atoms with Crippen LogP contribution in [0.15, 0.2) is 36.5 Å². The van der Waals surface area contributed by atoms with E-state index in [0.717, 1.165) is 5.56 Å². The van der Waals surface area contributed by atoms with Crippen LogP contribution in [0.2, 0.25) is 0 Å². The van der Waals surface area contributed by atoms with E-state index in [2.05, 4.69) is 49.0 Å². The zero-order chi connectivity index (χ0) is 15.4. The molecule has 1 unspecified atom stereocenters. The summed E-state index contributed by atoms with van der Waals surface area (Å²) in [5.74, 6) is 0.614. The van der Waals surface area contributed by atoms with E-state index in [0.29, 0.717) is 12.4 Å². The molecule has 21 heavy (non-hydrogen) atoms. The summed E-state index contributed by atoms with van der Waals surface area (Å²) < 4.78 is 5.10. The van der Waals surface area contributed by atoms with E-state index in [1.54, 1.807) is 7.11 Å². The van der Waals surface area contributed by atoms with E-state index in [-0.39, 0.29) is 6.04 Å². The average molecular weight is 285 g/mol. The van der Waals surface area contributed by atoms with Crippen LogP contribution in [0.4, 0.5) is 5.69 Å². The fourth-order valence-corrected chi connectivity index (χ4v) is 2.56. The van der Waals surface area contributed by atoms with Gasteiger partial charge in [-0.3, -0.25) is 0 Å². The molecule has 2 N–H and O–H groups in total. The lowest BCUT2D eigenvalue weighted by Crippen LogP contribution is -2.30. The predicted octanol–water partition coefficient (Wildman–Crippen LogP) is 2.84. The summed E-state index contributed by atoms with van der Waals surface area (Å²) in [6, 6.07) is 10.5. The molecule has 0 aliphatic heterocycles. The first-order valence-electron chi connectivity index (χ1n) is 7.06. The van der Waals surface area contributed by atoms with Crippen LogP contribution in [0, 0.1) is 13.8 Å². The third kappa shape index (κ3) is 3.52. The summed E-state index contributed by atoms with van der Waals surface area (Å²) >= 11 is 0. The van der Waals surface area contributed by atoms with Gasteiger partial charge in [-0.25, -0.2) is 4.98 Å². The molecule has 1 heterocycles. The molecule has 0 spiro atoms. The van der Waals surface area contributed by atoms with Crippen molar-refractivity contribution in [2.45, 2.75) is 19.9 Å². The number of likely N-dealkylation sites (N-methyl/N-ethyl adjacent to an activating group) is 1. The van der Waals surface area contributed by atoms with Crippen LogP contribution in [-0.4, -0.2) is 25.7 Å². The molecular weight excluding hydrogens is 262 g/mol. The van der Waals surface area contributed by atoms with Gasteiger partial charge < -0.3 is 15.4 Å². The topological polar surface area (TPSA) is 51.4 Å². The quantitative estimate of drug-likeness (QED) is 0.918. The number of nitrogens with zero attached hydrogens (tertiary/aromatic N) is 2. The minimum absolute atomic E-state index is 0.0876. The SMILES string of the molecule is COc1ccc(C(CN)N(C)c2cc(C)cc(C)c2)cn1. The Morgan fingerprint density at radius 3 is 2.33 bits per heavy atom. The van der Waals surface area contributed by atoms with Gasteiger partial charge in [0, 0.05) is 31.5 Å². The van der Waals surface area contributed by atoms with Gasteiger partial charge >= 0.3 is 0 Å². The van der Waals surface area contributed by atoms with Gasteiger partial charge in [-0.05, 0) is 42.7 Å². The first kappa shape index (κ1) is 15.3. The van der Waals surface area contributed by atoms with Gasteiger partial charge in [0.2, 0.25) is 5.88 Å². The van der Waals surface area contributed by atoms with Crippen LogP contribution >= 0.6 is 0 Å². The van der Waals surface area contributed by atoms with Crippen molar-refractivity contribution in [3.63, 3.8) is 0 Å². The van der Waals surface area contributed by atoms with Crippen molar-refractivity contribution in [3.05, 3.63) is 53.2 Å². The van der Waals surface area contributed by atoms with E-state index in [1.807, 2.05) is 18.3 Å². The molecule has 112 valence electrons. The number of aryl methyl sites for hydroxylation is 2.